The van der Waals surface area contributed by atoms with Crippen LogP contribution in [0.5, 0.6) is 5.75 Å². The predicted molar refractivity (Wildman–Crippen MR) is 105 cm³/mol. The van der Waals surface area contributed by atoms with E-state index >= 15 is 0 Å². The van der Waals surface area contributed by atoms with Crippen molar-refractivity contribution in [2.24, 2.45) is 0 Å². The van der Waals surface area contributed by atoms with Gasteiger partial charge in [0.15, 0.2) is 0 Å². The Morgan fingerprint density at radius 3 is 2.22 bits per heavy atom. The van der Waals surface area contributed by atoms with Gasteiger partial charge in [-0.3, -0.25) is 13.9 Å². The van der Waals surface area contributed by atoms with Crippen molar-refractivity contribution in [1.29, 1.82) is 0 Å². The first-order chi connectivity index (χ1) is 12.6. The van der Waals surface area contributed by atoms with Gasteiger partial charge in [-0.05, 0) is 36.4 Å². The van der Waals surface area contributed by atoms with Gasteiger partial charge in [-0.1, -0.05) is 6.07 Å². The smallest absolute Gasteiger partial charge is 0.259 e. The van der Waals surface area contributed by atoms with Crippen LogP contribution in [0.3, 0.4) is 0 Å². The molecule has 0 atom stereocenters. The number of nitrogens with zero attached hydrogens (tertiary/aromatic N) is 1. The van der Waals surface area contributed by atoms with Crippen LogP contribution in [0.1, 0.15) is 17.3 Å². The molecule has 0 aromatic heterocycles. The van der Waals surface area contributed by atoms with E-state index in [1.54, 1.807) is 30.3 Å². The van der Waals surface area contributed by atoms with Crippen LogP contribution in [-0.2, 0) is 14.8 Å². The van der Waals surface area contributed by atoms with E-state index in [2.05, 4.69) is 10.6 Å². The lowest BCUT2D eigenvalue weighted by Gasteiger charge is -2.18. The van der Waals surface area contributed by atoms with Crippen molar-refractivity contribution in [2.75, 3.05) is 35.4 Å². The number of anilines is 3. The summed E-state index contributed by atoms with van der Waals surface area (Å²) in [6.07, 6.45) is 1.07. The Morgan fingerprint density at radius 2 is 1.67 bits per heavy atom. The van der Waals surface area contributed by atoms with E-state index in [0.29, 0.717) is 22.8 Å². The van der Waals surface area contributed by atoms with Crippen LogP contribution in [-0.4, -0.2) is 40.6 Å². The molecule has 0 radical (unpaired) electrons. The lowest BCUT2D eigenvalue weighted by atomic mass is 10.1. The molecule has 144 valence electrons. The molecule has 2 aromatic rings. The van der Waals surface area contributed by atoms with Crippen LogP contribution < -0.4 is 19.7 Å². The van der Waals surface area contributed by atoms with Crippen molar-refractivity contribution < 1.29 is 22.7 Å². The number of carbonyl (C=O) groups excluding carboxylic acids is 2. The highest BCUT2D eigenvalue weighted by atomic mass is 32.2. The maximum absolute atomic E-state index is 12.7. The van der Waals surface area contributed by atoms with E-state index in [1.807, 2.05) is 0 Å². The van der Waals surface area contributed by atoms with Gasteiger partial charge in [-0.15, -0.1) is 0 Å². The third-order valence-corrected chi connectivity index (χ3v) is 4.94. The second kappa shape index (κ2) is 8.09. The molecule has 0 aliphatic rings. The van der Waals surface area contributed by atoms with Crippen LogP contribution in [0.4, 0.5) is 17.1 Å². The molecule has 2 N–H and O–H groups in total. The topological polar surface area (TPSA) is 105 Å². The molecule has 2 rings (SSSR count). The fourth-order valence-corrected chi connectivity index (χ4v) is 2.83. The van der Waals surface area contributed by atoms with Gasteiger partial charge < -0.3 is 15.4 Å². The molecule has 0 saturated heterocycles. The molecule has 2 amide bonds. The SMILES string of the molecule is COc1ccc(N(C)S(C)(=O)=O)cc1C(=O)Nc1cccc(NC(C)=O)c1. The van der Waals surface area contributed by atoms with Crippen molar-refractivity contribution in [1.82, 2.24) is 0 Å². The first kappa shape index (κ1) is 20.2. The molecule has 0 unspecified atom stereocenters. The van der Waals surface area contributed by atoms with Gasteiger partial charge in [0.25, 0.3) is 5.91 Å². The van der Waals surface area contributed by atoms with Gasteiger partial charge in [-0.25, -0.2) is 8.42 Å². The maximum Gasteiger partial charge on any atom is 0.259 e. The second-order valence-corrected chi connectivity index (χ2v) is 7.84. The van der Waals surface area contributed by atoms with Crippen molar-refractivity contribution in [2.45, 2.75) is 6.92 Å². The van der Waals surface area contributed by atoms with Crippen LogP contribution >= 0.6 is 0 Å². The number of carbonyl (C=O) groups is 2. The van der Waals surface area contributed by atoms with Crippen molar-refractivity contribution in [3.63, 3.8) is 0 Å². The van der Waals surface area contributed by atoms with E-state index in [4.69, 9.17) is 4.74 Å². The van der Waals surface area contributed by atoms with Crippen LogP contribution in [0.15, 0.2) is 42.5 Å². The molecule has 2 aromatic carbocycles. The fraction of sp³-hybridized carbons (Fsp3) is 0.222. The fourth-order valence-electron chi connectivity index (χ4n) is 2.34. The molecular weight excluding hydrogens is 370 g/mol. The lowest BCUT2D eigenvalue weighted by Crippen LogP contribution is -2.25. The minimum absolute atomic E-state index is 0.176. The van der Waals surface area contributed by atoms with E-state index in [1.165, 1.54) is 33.2 Å². The largest absolute Gasteiger partial charge is 0.496 e. The molecule has 0 fully saturated rings. The van der Waals surface area contributed by atoms with Crippen molar-refractivity contribution >= 4 is 38.9 Å². The van der Waals surface area contributed by atoms with Gasteiger partial charge in [0.2, 0.25) is 15.9 Å². The van der Waals surface area contributed by atoms with Crippen LogP contribution in [0, 0.1) is 0 Å². The summed E-state index contributed by atoms with van der Waals surface area (Å²) in [4.78, 5) is 23.9. The highest BCUT2D eigenvalue weighted by molar-refractivity contribution is 7.92. The first-order valence-corrected chi connectivity index (χ1v) is 9.77. The summed E-state index contributed by atoms with van der Waals surface area (Å²) in [5.74, 6) is -0.400. The predicted octanol–water partition coefficient (Wildman–Crippen LogP) is 2.30. The van der Waals surface area contributed by atoms with Gasteiger partial charge in [0.1, 0.15) is 5.75 Å². The summed E-state index contributed by atoms with van der Waals surface area (Å²) in [5.41, 5.74) is 1.51. The summed E-state index contributed by atoms with van der Waals surface area (Å²) >= 11 is 0. The number of amides is 2. The Balaban J connectivity index is 2.33. The molecule has 0 bridgehead atoms. The molecule has 0 aliphatic heterocycles. The quantitative estimate of drug-likeness (QED) is 0.786. The minimum atomic E-state index is -3.47. The minimum Gasteiger partial charge on any atom is -0.496 e. The molecule has 0 spiro atoms. The standard InChI is InChI=1S/C18H21N3O5S/c1-12(22)19-13-6-5-7-14(10-13)20-18(23)16-11-15(8-9-17(16)26-3)21(2)27(4,24)25/h5-11H,1-4H3,(H,19,22)(H,20,23). The molecule has 0 aliphatic carbocycles. The van der Waals surface area contributed by atoms with Crippen molar-refractivity contribution in [3.05, 3.63) is 48.0 Å². The number of benzene rings is 2. The van der Waals surface area contributed by atoms with Gasteiger partial charge in [0, 0.05) is 25.3 Å². The first-order valence-electron chi connectivity index (χ1n) is 7.92. The van der Waals surface area contributed by atoms with Gasteiger partial charge in [0.05, 0.1) is 24.6 Å². The molecule has 0 saturated carbocycles. The number of sulfonamides is 1. The normalized spacial score (nSPS) is 10.8. The van der Waals surface area contributed by atoms with E-state index in [9.17, 15) is 18.0 Å². The Morgan fingerprint density at radius 1 is 1.04 bits per heavy atom. The maximum atomic E-state index is 12.7. The number of nitrogens with one attached hydrogen (secondary N) is 2. The van der Waals surface area contributed by atoms with Gasteiger partial charge in [-0.2, -0.15) is 0 Å². The van der Waals surface area contributed by atoms with Crippen LogP contribution in [0.25, 0.3) is 0 Å². The molecular formula is C18H21N3O5S. The zero-order chi connectivity index (χ0) is 20.2. The lowest BCUT2D eigenvalue weighted by molar-refractivity contribution is -0.114. The number of hydrogen-bond acceptors (Lipinski definition) is 5. The van der Waals surface area contributed by atoms with E-state index in [-0.39, 0.29) is 11.5 Å². The summed E-state index contributed by atoms with van der Waals surface area (Å²) in [5, 5.41) is 5.35. The number of hydrogen-bond donors (Lipinski definition) is 2. The number of rotatable bonds is 6. The molecule has 0 heterocycles. The van der Waals surface area contributed by atoms with E-state index < -0.39 is 15.9 Å². The summed E-state index contributed by atoms with van der Waals surface area (Å²) in [6.45, 7) is 1.39. The third kappa shape index (κ3) is 5.20. The van der Waals surface area contributed by atoms with Gasteiger partial charge >= 0.3 is 0 Å². The third-order valence-electron chi connectivity index (χ3n) is 3.73. The van der Waals surface area contributed by atoms with E-state index in [0.717, 1.165) is 10.6 Å². The Kier molecular flexibility index (Phi) is 6.06. The zero-order valence-electron chi connectivity index (χ0n) is 15.4. The molecule has 9 heteroatoms. The molecule has 27 heavy (non-hydrogen) atoms. The Labute approximate surface area is 158 Å². The average Bonchev–Trinajstić information content (AvgIpc) is 2.59. The zero-order valence-corrected chi connectivity index (χ0v) is 16.3. The summed E-state index contributed by atoms with van der Waals surface area (Å²) in [6, 6.07) is 11.2. The summed E-state index contributed by atoms with van der Waals surface area (Å²) in [7, 11) is -0.655. The average molecular weight is 391 g/mol. The summed E-state index contributed by atoms with van der Waals surface area (Å²) < 4.78 is 29.8. The monoisotopic (exact) mass is 391 g/mol. The highest BCUT2D eigenvalue weighted by Crippen LogP contribution is 2.27. The Hall–Kier alpha value is -3.07. The highest BCUT2D eigenvalue weighted by Gasteiger charge is 2.18. The Bertz CT molecular complexity index is 973. The number of ether oxygens (including phenoxy) is 1. The second-order valence-electron chi connectivity index (χ2n) is 5.83. The van der Waals surface area contributed by atoms with Crippen molar-refractivity contribution in [3.8, 4) is 5.75 Å². The number of methoxy groups -OCH3 is 1. The molecule has 8 nitrogen and oxygen atoms in total. The van der Waals surface area contributed by atoms with Crippen LogP contribution in [0.2, 0.25) is 0 Å².